The molecule has 1 atom stereocenters. The Morgan fingerprint density at radius 2 is 1.86 bits per heavy atom. The van der Waals surface area contributed by atoms with Crippen LogP contribution in [-0.4, -0.2) is 41.5 Å². The van der Waals surface area contributed by atoms with E-state index in [2.05, 4.69) is 16.8 Å². The topological polar surface area (TPSA) is 36.4 Å². The van der Waals surface area contributed by atoms with Gasteiger partial charge in [0.1, 0.15) is 11.5 Å². The highest BCUT2D eigenvalue weighted by Gasteiger charge is 2.25. The number of anilines is 1. The van der Waals surface area contributed by atoms with Gasteiger partial charge in [-0.1, -0.05) is 6.07 Å². The maximum absolute atomic E-state index is 12.7. The molecule has 0 bridgehead atoms. The standard InChI is InChI=1S/C17H25N3O/c1-14-8-3-6-13-20(14)17(21)15-9-7-10-16(18-15)19-11-4-2-5-12-19/h7,9-10,14H,2-6,8,11-13H2,1H3. The van der Waals surface area contributed by atoms with E-state index in [1.807, 2.05) is 23.1 Å². The average Bonchev–Trinajstić information content (AvgIpc) is 2.56. The summed E-state index contributed by atoms with van der Waals surface area (Å²) in [4.78, 5) is 21.6. The average molecular weight is 287 g/mol. The van der Waals surface area contributed by atoms with Gasteiger partial charge in [-0.3, -0.25) is 4.79 Å². The molecule has 4 nitrogen and oxygen atoms in total. The number of carbonyl (C=O) groups excluding carboxylic acids is 1. The minimum Gasteiger partial charge on any atom is -0.357 e. The fourth-order valence-electron chi connectivity index (χ4n) is 3.39. The molecule has 2 aliphatic heterocycles. The van der Waals surface area contributed by atoms with Gasteiger partial charge in [0.25, 0.3) is 5.91 Å². The minimum atomic E-state index is 0.0982. The summed E-state index contributed by atoms with van der Waals surface area (Å²) in [6, 6.07) is 6.20. The van der Waals surface area contributed by atoms with Crippen LogP contribution in [0.25, 0.3) is 0 Å². The van der Waals surface area contributed by atoms with Gasteiger partial charge in [0, 0.05) is 25.7 Å². The van der Waals surface area contributed by atoms with Crippen molar-refractivity contribution < 1.29 is 4.79 Å². The second-order valence-corrected chi connectivity index (χ2v) is 6.27. The summed E-state index contributed by atoms with van der Waals surface area (Å²) >= 11 is 0. The number of likely N-dealkylation sites (tertiary alicyclic amines) is 1. The van der Waals surface area contributed by atoms with E-state index in [1.165, 1.54) is 25.7 Å². The smallest absolute Gasteiger partial charge is 0.272 e. The lowest BCUT2D eigenvalue weighted by atomic mass is 10.0. The normalized spacial score (nSPS) is 23.2. The number of pyridine rings is 1. The van der Waals surface area contributed by atoms with E-state index in [1.54, 1.807) is 0 Å². The molecular formula is C17H25N3O. The van der Waals surface area contributed by atoms with Gasteiger partial charge < -0.3 is 9.80 Å². The van der Waals surface area contributed by atoms with Crippen LogP contribution >= 0.6 is 0 Å². The van der Waals surface area contributed by atoms with E-state index in [0.29, 0.717) is 11.7 Å². The minimum absolute atomic E-state index is 0.0982. The molecule has 0 radical (unpaired) electrons. The molecule has 3 heterocycles. The molecule has 0 aromatic carbocycles. The Morgan fingerprint density at radius 1 is 1.10 bits per heavy atom. The fourth-order valence-corrected chi connectivity index (χ4v) is 3.39. The molecule has 0 saturated carbocycles. The third-order valence-corrected chi connectivity index (χ3v) is 4.70. The molecule has 0 aliphatic carbocycles. The lowest BCUT2D eigenvalue weighted by molar-refractivity contribution is 0.0629. The highest BCUT2D eigenvalue weighted by atomic mass is 16.2. The number of aromatic nitrogens is 1. The molecule has 1 aromatic heterocycles. The number of piperidine rings is 2. The summed E-state index contributed by atoms with van der Waals surface area (Å²) in [7, 11) is 0. The first-order valence-electron chi connectivity index (χ1n) is 8.29. The van der Waals surface area contributed by atoms with Gasteiger partial charge in [0.2, 0.25) is 0 Å². The zero-order valence-electron chi connectivity index (χ0n) is 12.9. The third kappa shape index (κ3) is 3.20. The Morgan fingerprint density at radius 3 is 2.62 bits per heavy atom. The first-order valence-corrected chi connectivity index (χ1v) is 8.29. The lowest BCUT2D eigenvalue weighted by Crippen LogP contribution is -2.42. The van der Waals surface area contributed by atoms with Crippen molar-refractivity contribution in [1.82, 2.24) is 9.88 Å². The Bertz CT molecular complexity index is 497. The van der Waals surface area contributed by atoms with Crippen molar-refractivity contribution in [2.75, 3.05) is 24.5 Å². The van der Waals surface area contributed by atoms with Crippen LogP contribution in [0.5, 0.6) is 0 Å². The van der Waals surface area contributed by atoms with Gasteiger partial charge in [-0.25, -0.2) is 4.98 Å². The van der Waals surface area contributed by atoms with Gasteiger partial charge in [-0.2, -0.15) is 0 Å². The highest BCUT2D eigenvalue weighted by Crippen LogP contribution is 2.21. The molecule has 0 N–H and O–H groups in total. The van der Waals surface area contributed by atoms with Crippen molar-refractivity contribution in [2.45, 2.75) is 51.5 Å². The molecule has 1 amide bonds. The molecule has 2 fully saturated rings. The van der Waals surface area contributed by atoms with Gasteiger partial charge in [0.15, 0.2) is 0 Å². The van der Waals surface area contributed by atoms with Crippen LogP contribution in [-0.2, 0) is 0 Å². The van der Waals surface area contributed by atoms with E-state index in [-0.39, 0.29) is 5.91 Å². The number of nitrogens with zero attached hydrogens (tertiary/aromatic N) is 3. The maximum atomic E-state index is 12.7. The summed E-state index contributed by atoms with van der Waals surface area (Å²) in [6.45, 7) is 5.14. The zero-order chi connectivity index (χ0) is 14.7. The van der Waals surface area contributed by atoms with Gasteiger partial charge >= 0.3 is 0 Å². The molecule has 3 rings (SSSR count). The van der Waals surface area contributed by atoms with Crippen LogP contribution < -0.4 is 4.90 Å². The first kappa shape index (κ1) is 14.4. The molecular weight excluding hydrogens is 262 g/mol. The van der Waals surface area contributed by atoms with E-state index < -0.39 is 0 Å². The van der Waals surface area contributed by atoms with E-state index in [4.69, 9.17) is 0 Å². The summed E-state index contributed by atoms with van der Waals surface area (Å²) in [6.07, 6.45) is 7.21. The number of rotatable bonds is 2. The highest BCUT2D eigenvalue weighted by molar-refractivity contribution is 5.93. The number of hydrogen-bond donors (Lipinski definition) is 0. The van der Waals surface area contributed by atoms with Crippen molar-refractivity contribution in [3.05, 3.63) is 23.9 Å². The van der Waals surface area contributed by atoms with Crippen molar-refractivity contribution in [2.24, 2.45) is 0 Å². The molecule has 2 saturated heterocycles. The largest absolute Gasteiger partial charge is 0.357 e. The summed E-state index contributed by atoms with van der Waals surface area (Å²) in [5.74, 6) is 1.06. The summed E-state index contributed by atoms with van der Waals surface area (Å²) < 4.78 is 0. The second kappa shape index (κ2) is 6.46. The number of amides is 1. The molecule has 2 aliphatic rings. The van der Waals surface area contributed by atoms with Gasteiger partial charge in [0.05, 0.1) is 0 Å². The van der Waals surface area contributed by atoms with Crippen LogP contribution in [0.2, 0.25) is 0 Å². The Hall–Kier alpha value is -1.58. The maximum Gasteiger partial charge on any atom is 0.272 e. The summed E-state index contributed by atoms with van der Waals surface area (Å²) in [5.41, 5.74) is 0.604. The van der Waals surface area contributed by atoms with E-state index >= 15 is 0 Å². The number of hydrogen-bond acceptors (Lipinski definition) is 3. The Balaban J connectivity index is 1.76. The predicted molar refractivity (Wildman–Crippen MR) is 84.7 cm³/mol. The summed E-state index contributed by atoms with van der Waals surface area (Å²) in [5, 5.41) is 0. The third-order valence-electron chi connectivity index (χ3n) is 4.70. The molecule has 0 spiro atoms. The first-order chi connectivity index (χ1) is 10.3. The molecule has 21 heavy (non-hydrogen) atoms. The molecule has 114 valence electrons. The molecule has 4 heteroatoms. The van der Waals surface area contributed by atoms with Crippen LogP contribution in [0.1, 0.15) is 55.9 Å². The second-order valence-electron chi connectivity index (χ2n) is 6.27. The molecule has 1 unspecified atom stereocenters. The van der Waals surface area contributed by atoms with Crippen molar-refractivity contribution in [3.63, 3.8) is 0 Å². The van der Waals surface area contributed by atoms with E-state index in [9.17, 15) is 4.79 Å². The van der Waals surface area contributed by atoms with Crippen LogP contribution in [0.15, 0.2) is 18.2 Å². The Labute approximate surface area is 127 Å². The lowest BCUT2D eigenvalue weighted by Gasteiger charge is -2.33. The van der Waals surface area contributed by atoms with Crippen LogP contribution in [0, 0.1) is 0 Å². The Kier molecular flexibility index (Phi) is 4.42. The van der Waals surface area contributed by atoms with Gasteiger partial charge in [-0.15, -0.1) is 0 Å². The van der Waals surface area contributed by atoms with Gasteiger partial charge in [-0.05, 0) is 57.6 Å². The molecule has 1 aromatic rings. The zero-order valence-corrected chi connectivity index (χ0v) is 12.9. The monoisotopic (exact) mass is 287 g/mol. The predicted octanol–water partition coefficient (Wildman–Crippen LogP) is 3.09. The quantitative estimate of drug-likeness (QED) is 0.838. The van der Waals surface area contributed by atoms with E-state index in [0.717, 1.165) is 38.3 Å². The van der Waals surface area contributed by atoms with Crippen LogP contribution in [0.4, 0.5) is 5.82 Å². The fraction of sp³-hybridized carbons (Fsp3) is 0.647. The van der Waals surface area contributed by atoms with Crippen molar-refractivity contribution >= 4 is 11.7 Å². The van der Waals surface area contributed by atoms with Crippen LogP contribution in [0.3, 0.4) is 0 Å². The van der Waals surface area contributed by atoms with Crippen molar-refractivity contribution in [1.29, 1.82) is 0 Å². The SMILES string of the molecule is CC1CCCCN1C(=O)c1cccc(N2CCCCC2)n1. The van der Waals surface area contributed by atoms with Crippen molar-refractivity contribution in [3.8, 4) is 0 Å². The number of carbonyl (C=O) groups is 1.